The van der Waals surface area contributed by atoms with Gasteiger partial charge in [-0.15, -0.1) is 0 Å². The standard InChI is InChI=1S/C19H15IN2O4S/c20-14-7-5-12(6-8-14)10-22-18(24)16(27-19(22)25)9-13-3-1-2-4-15(13)26-11-17(21)23/h1-9H,10-11H2,(H2,21,23)/b16-9-. The molecule has 0 atom stereocenters. The van der Waals surface area contributed by atoms with E-state index in [0.717, 1.165) is 20.9 Å². The Bertz CT molecular complexity index is 928. The number of para-hydroxylation sites is 1. The fourth-order valence-electron chi connectivity index (χ4n) is 2.43. The monoisotopic (exact) mass is 494 g/mol. The molecule has 3 amide bonds. The molecule has 0 aromatic heterocycles. The molecule has 1 saturated heterocycles. The molecule has 3 rings (SSSR count). The largest absolute Gasteiger partial charge is 0.483 e. The molecule has 0 bridgehead atoms. The van der Waals surface area contributed by atoms with Crippen molar-refractivity contribution in [3.05, 3.63) is 68.1 Å². The van der Waals surface area contributed by atoms with Crippen LogP contribution in [0.2, 0.25) is 0 Å². The summed E-state index contributed by atoms with van der Waals surface area (Å²) in [5, 5.41) is -0.319. The molecule has 2 aromatic carbocycles. The smallest absolute Gasteiger partial charge is 0.293 e. The maximum absolute atomic E-state index is 12.7. The van der Waals surface area contributed by atoms with E-state index in [1.165, 1.54) is 4.90 Å². The molecule has 1 aliphatic rings. The second-order valence-electron chi connectivity index (χ2n) is 5.69. The van der Waals surface area contributed by atoms with Crippen LogP contribution in [0.15, 0.2) is 53.4 Å². The molecule has 6 nitrogen and oxygen atoms in total. The average molecular weight is 494 g/mol. The quantitative estimate of drug-likeness (QED) is 0.492. The highest BCUT2D eigenvalue weighted by atomic mass is 127. The molecule has 1 fully saturated rings. The van der Waals surface area contributed by atoms with E-state index in [2.05, 4.69) is 22.6 Å². The van der Waals surface area contributed by atoms with E-state index < -0.39 is 5.91 Å². The van der Waals surface area contributed by atoms with Gasteiger partial charge in [-0.1, -0.05) is 30.3 Å². The third kappa shape index (κ3) is 4.89. The summed E-state index contributed by atoms with van der Waals surface area (Å²) < 4.78 is 6.45. The van der Waals surface area contributed by atoms with E-state index >= 15 is 0 Å². The molecule has 2 aromatic rings. The van der Waals surface area contributed by atoms with E-state index in [4.69, 9.17) is 10.5 Å². The topological polar surface area (TPSA) is 89.7 Å². The zero-order valence-corrected chi connectivity index (χ0v) is 17.0. The van der Waals surface area contributed by atoms with Crippen molar-refractivity contribution in [2.75, 3.05) is 6.61 Å². The molecule has 27 heavy (non-hydrogen) atoms. The van der Waals surface area contributed by atoms with E-state index in [9.17, 15) is 14.4 Å². The Morgan fingerprint density at radius 3 is 2.56 bits per heavy atom. The number of halogens is 1. The van der Waals surface area contributed by atoms with Crippen LogP contribution >= 0.6 is 34.4 Å². The van der Waals surface area contributed by atoms with E-state index in [1.807, 2.05) is 24.3 Å². The number of nitrogens with zero attached hydrogens (tertiary/aromatic N) is 1. The van der Waals surface area contributed by atoms with Crippen LogP contribution in [0.1, 0.15) is 11.1 Å². The summed E-state index contributed by atoms with van der Waals surface area (Å²) >= 11 is 3.08. The van der Waals surface area contributed by atoms with Gasteiger partial charge in [0.2, 0.25) is 0 Å². The van der Waals surface area contributed by atoms with Crippen LogP contribution < -0.4 is 10.5 Å². The van der Waals surface area contributed by atoms with Crippen molar-refractivity contribution in [1.29, 1.82) is 0 Å². The molecule has 0 radical (unpaired) electrons. The highest BCUT2D eigenvalue weighted by Crippen LogP contribution is 2.34. The zero-order chi connectivity index (χ0) is 19.4. The Balaban J connectivity index is 1.80. The normalized spacial score (nSPS) is 15.4. The predicted molar refractivity (Wildman–Crippen MR) is 112 cm³/mol. The molecule has 1 aliphatic heterocycles. The number of carbonyl (C=O) groups is 3. The first-order valence-electron chi connectivity index (χ1n) is 7.94. The van der Waals surface area contributed by atoms with E-state index in [-0.39, 0.29) is 24.3 Å². The molecular weight excluding hydrogens is 479 g/mol. The molecule has 0 aliphatic carbocycles. The number of amides is 3. The molecule has 0 unspecified atom stereocenters. The van der Waals surface area contributed by atoms with Crippen LogP contribution in [0.4, 0.5) is 4.79 Å². The lowest BCUT2D eigenvalue weighted by atomic mass is 10.1. The second-order valence-corrected chi connectivity index (χ2v) is 7.93. The van der Waals surface area contributed by atoms with Crippen molar-refractivity contribution >= 4 is 57.5 Å². The third-order valence-electron chi connectivity index (χ3n) is 3.70. The third-order valence-corrected chi connectivity index (χ3v) is 5.33. The molecule has 0 saturated carbocycles. The maximum Gasteiger partial charge on any atom is 0.293 e. The first-order valence-corrected chi connectivity index (χ1v) is 9.83. The average Bonchev–Trinajstić information content (AvgIpc) is 2.90. The molecule has 0 spiro atoms. The minimum Gasteiger partial charge on any atom is -0.483 e. The summed E-state index contributed by atoms with van der Waals surface area (Å²) in [7, 11) is 0. The van der Waals surface area contributed by atoms with Crippen LogP contribution in [0, 0.1) is 3.57 Å². The summed E-state index contributed by atoms with van der Waals surface area (Å²) in [4.78, 5) is 37.4. The van der Waals surface area contributed by atoms with Gasteiger partial charge in [0.25, 0.3) is 17.1 Å². The lowest BCUT2D eigenvalue weighted by Crippen LogP contribution is -2.27. The number of rotatable bonds is 6. The van der Waals surface area contributed by atoms with Crippen LogP contribution in [0.25, 0.3) is 6.08 Å². The number of hydrogen-bond acceptors (Lipinski definition) is 5. The Morgan fingerprint density at radius 1 is 1.15 bits per heavy atom. The zero-order valence-electron chi connectivity index (χ0n) is 14.1. The number of nitrogens with two attached hydrogens (primary N) is 1. The van der Waals surface area contributed by atoms with Gasteiger partial charge in [0.1, 0.15) is 5.75 Å². The molecular formula is C19H15IN2O4S. The van der Waals surface area contributed by atoms with Gasteiger partial charge in [0.15, 0.2) is 6.61 Å². The van der Waals surface area contributed by atoms with Gasteiger partial charge in [-0.2, -0.15) is 0 Å². The maximum atomic E-state index is 12.7. The summed E-state index contributed by atoms with van der Waals surface area (Å²) in [5.74, 6) is -0.531. The van der Waals surface area contributed by atoms with Gasteiger partial charge >= 0.3 is 0 Å². The van der Waals surface area contributed by atoms with Crippen molar-refractivity contribution in [1.82, 2.24) is 4.90 Å². The number of benzene rings is 2. The van der Waals surface area contributed by atoms with Crippen LogP contribution in [0.3, 0.4) is 0 Å². The first kappa shape index (κ1) is 19.4. The van der Waals surface area contributed by atoms with Gasteiger partial charge in [-0.25, -0.2) is 0 Å². The second kappa shape index (κ2) is 8.57. The number of hydrogen-bond donors (Lipinski definition) is 1. The molecule has 8 heteroatoms. The van der Waals surface area contributed by atoms with E-state index in [1.54, 1.807) is 30.3 Å². The summed E-state index contributed by atoms with van der Waals surface area (Å²) in [6, 6.07) is 14.6. The van der Waals surface area contributed by atoms with Gasteiger partial charge in [0, 0.05) is 9.13 Å². The predicted octanol–water partition coefficient (Wildman–Crippen LogP) is 3.39. The van der Waals surface area contributed by atoms with E-state index in [0.29, 0.717) is 16.2 Å². The summed E-state index contributed by atoms with van der Waals surface area (Å²) in [6.07, 6.45) is 1.59. The number of thioether (sulfide) groups is 1. The number of primary amides is 1. The van der Waals surface area contributed by atoms with Crippen molar-refractivity contribution in [3.8, 4) is 5.75 Å². The SMILES string of the molecule is NC(=O)COc1ccccc1/C=C1\SC(=O)N(Cc2ccc(I)cc2)C1=O. The number of carbonyl (C=O) groups excluding carboxylic acids is 3. The highest BCUT2D eigenvalue weighted by molar-refractivity contribution is 14.1. The number of imide groups is 1. The first-order chi connectivity index (χ1) is 12.9. The van der Waals surface area contributed by atoms with Crippen molar-refractivity contribution in [2.45, 2.75) is 6.54 Å². The van der Waals surface area contributed by atoms with Crippen molar-refractivity contribution in [3.63, 3.8) is 0 Å². The Kier molecular flexibility index (Phi) is 6.17. The van der Waals surface area contributed by atoms with Crippen LogP contribution in [-0.2, 0) is 16.1 Å². The Hall–Kier alpha value is -2.33. The van der Waals surface area contributed by atoms with Gasteiger partial charge in [-0.3, -0.25) is 19.3 Å². The summed E-state index contributed by atoms with van der Waals surface area (Å²) in [5.41, 5.74) is 6.58. The molecule has 138 valence electrons. The summed E-state index contributed by atoms with van der Waals surface area (Å²) in [6.45, 7) is -0.0438. The minimum atomic E-state index is -0.595. The lowest BCUT2D eigenvalue weighted by molar-refractivity contribution is -0.123. The fourth-order valence-corrected chi connectivity index (χ4v) is 3.62. The number of ether oxygens (including phenoxy) is 1. The van der Waals surface area contributed by atoms with Crippen molar-refractivity contribution < 1.29 is 19.1 Å². The Morgan fingerprint density at radius 2 is 1.85 bits per heavy atom. The molecule has 2 N–H and O–H groups in total. The van der Waals surface area contributed by atoms with Crippen LogP contribution in [0.5, 0.6) is 5.75 Å². The van der Waals surface area contributed by atoms with Gasteiger partial charge < -0.3 is 10.5 Å². The van der Waals surface area contributed by atoms with Crippen LogP contribution in [-0.4, -0.2) is 28.6 Å². The van der Waals surface area contributed by atoms with Gasteiger partial charge in [0.05, 0.1) is 11.4 Å². The fraction of sp³-hybridized carbons (Fsp3) is 0.105. The van der Waals surface area contributed by atoms with Gasteiger partial charge in [-0.05, 0) is 64.2 Å². The lowest BCUT2D eigenvalue weighted by Gasteiger charge is -2.12. The molecule has 1 heterocycles. The Labute approximate surface area is 173 Å². The van der Waals surface area contributed by atoms with Crippen molar-refractivity contribution in [2.24, 2.45) is 5.73 Å². The highest BCUT2D eigenvalue weighted by Gasteiger charge is 2.35. The minimum absolute atomic E-state index is 0.221.